The van der Waals surface area contributed by atoms with E-state index in [1.165, 1.54) is 31.4 Å². The van der Waals surface area contributed by atoms with E-state index in [-0.39, 0.29) is 6.10 Å². The molecular formula is C15H23N3O. The van der Waals surface area contributed by atoms with E-state index in [1.807, 2.05) is 6.92 Å². The van der Waals surface area contributed by atoms with Crippen LogP contribution in [0.25, 0.3) is 0 Å². The fourth-order valence-electron chi connectivity index (χ4n) is 2.47. The summed E-state index contributed by atoms with van der Waals surface area (Å²) in [5.74, 6) is 3.13. The third kappa shape index (κ3) is 3.06. The highest BCUT2D eigenvalue weighted by Crippen LogP contribution is 2.44. The van der Waals surface area contributed by atoms with Crippen LogP contribution in [0.2, 0.25) is 0 Å². The van der Waals surface area contributed by atoms with Gasteiger partial charge >= 0.3 is 0 Å². The molecule has 1 N–H and O–H groups in total. The molecule has 0 bridgehead atoms. The Morgan fingerprint density at radius 3 is 2.63 bits per heavy atom. The first kappa shape index (κ1) is 12.9. The zero-order valence-electron chi connectivity index (χ0n) is 11.9. The van der Waals surface area contributed by atoms with E-state index >= 15 is 0 Å². The lowest BCUT2D eigenvalue weighted by Crippen LogP contribution is -2.14. The molecule has 0 amide bonds. The van der Waals surface area contributed by atoms with Crippen molar-refractivity contribution in [2.75, 3.05) is 18.5 Å². The second-order valence-electron chi connectivity index (χ2n) is 5.55. The van der Waals surface area contributed by atoms with Gasteiger partial charge < -0.3 is 10.1 Å². The summed E-state index contributed by atoms with van der Waals surface area (Å²) in [6.07, 6.45) is 5.13. The molecule has 104 valence electrons. The van der Waals surface area contributed by atoms with Gasteiger partial charge in [0.25, 0.3) is 0 Å². The summed E-state index contributed by atoms with van der Waals surface area (Å²) in [5.41, 5.74) is 1.20. The molecule has 19 heavy (non-hydrogen) atoms. The van der Waals surface area contributed by atoms with Gasteiger partial charge in [-0.05, 0) is 45.4 Å². The number of hydrogen-bond acceptors (Lipinski definition) is 4. The Bertz CT molecular complexity index is 441. The lowest BCUT2D eigenvalue weighted by molar-refractivity contribution is 0.0400. The van der Waals surface area contributed by atoms with Crippen LogP contribution in [0.5, 0.6) is 0 Å². The van der Waals surface area contributed by atoms with Gasteiger partial charge in [0.05, 0.1) is 0 Å². The van der Waals surface area contributed by atoms with Gasteiger partial charge in [0.1, 0.15) is 11.9 Å². The Morgan fingerprint density at radius 2 is 2.05 bits per heavy atom. The largest absolute Gasteiger partial charge is 0.370 e. The summed E-state index contributed by atoms with van der Waals surface area (Å²) in [6, 6.07) is 2.11. The molecule has 1 aromatic rings. The van der Waals surface area contributed by atoms with Gasteiger partial charge in [-0.3, -0.25) is 0 Å². The number of hydrogen-bond donors (Lipinski definition) is 1. The average molecular weight is 261 g/mol. The van der Waals surface area contributed by atoms with E-state index in [0.29, 0.717) is 11.8 Å². The second-order valence-corrected chi connectivity index (χ2v) is 5.55. The fraction of sp³-hybridized carbons (Fsp3) is 0.733. The third-order valence-corrected chi connectivity index (χ3v) is 3.77. The van der Waals surface area contributed by atoms with Crippen LogP contribution in [0.1, 0.15) is 63.1 Å². The van der Waals surface area contributed by atoms with Crippen molar-refractivity contribution in [3.8, 4) is 0 Å². The van der Waals surface area contributed by atoms with Gasteiger partial charge in [-0.25, -0.2) is 9.97 Å². The average Bonchev–Trinajstić information content (AvgIpc) is 3.29. The molecule has 1 atom stereocenters. The van der Waals surface area contributed by atoms with Crippen LogP contribution in [0.3, 0.4) is 0 Å². The maximum absolute atomic E-state index is 5.89. The highest BCUT2D eigenvalue weighted by Gasteiger charge is 2.36. The first-order valence-corrected chi connectivity index (χ1v) is 7.56. The minimum atomic E-state index is 0.0982. The van der Waals surface area contributed by atoms with Crippen molar-refractivity contribution in [1.29, 1.82) is 0 Å². The number of aromatic nitrogens is 2. The zero-order chi connectivity index (χ0) is 13.2. The molecule has 2 fully saturated rings. The summed E-state index contributed by atoms with van der Waals surface area (Å²) in [4.78, 5) is 9.45. The van der Waals surface area contributed by atoms with Gasteiger partial charge in [0, 0.05) is 30.8 Å². The van der Waals surface area contributed by atoms with E-state index in [1.54, 1.807) is 0 Å². The molecule has 0 aromatic carbocycles. The minimum Gasteiger partial charge on any atom is -0.370 e. The van der Waals surface area contributed by atoms with Crippen LogP contribution >= 0.6 is 0 Å². The standard InChI is InChI=1S/C15H23N3O/c1-3-16-13-9-12(10-5-6-10)17-15(18-13)14(19-4-2)11-7-8-11/h9-11,14H,3-8H2,1-2H3,(H,16,17,18). The molecule has 0 spiro atoms. The highest BCUT2D eigenvalue weighted by molar-refractivity contribution is 5.38. The number of nitrogens with one attached hydrogen (secondary N) is 1. The summed E-state index contributed by atoms with van der Waals surface area (Å²) >= 11 is 0. The van der Waals surface area contributed by atoms with Gasteiger partial charge in [0.2, 0.25) is 0 Å². The van der Waals surface area contributed by atoms with Gasteiger partial charge in [0.15, 0.2) is 5.82 Å². The summed E-state index contributed by atoms with van der Waals surface area (Å²) in [6.45, 7) is 5.77. The summed E-state index contributed by atoms with van der Waals surface area (Å²) < 4.78 is 5.89. The molecule has 2 aliphatic rings. The van der Waals surface area contributed by atoms with Crippen LogP contribution in [-0.4, -0.2) is 23.1 Å². The Hall–Kier alpha value is -1.16. The van der Waals surface area contributed by atoms with Gasteiger partial charge in [-0.2, -0.15) is 0 Å². The molecule has 4 heteroatoms. The van der Waals surface area contributed by atoms with E-state index < -0.39 is 0 Å². The number of rotatable bonds is 7. The molecule has 3 rings (SSSR count). The molecule has 2 aliphatic carbocycles. The predicted molar refractivity (Wildman–Crippen MR) is 75.3 cm³/mol. The monoisotopic (exact) mass is 261 g/mol. The molecule has 0 aliphatic heterocycles. The van der Waals surface area contributed by atoms with E-state index in [0.717, 1.165) is 24.8 Å². The van der Waals surface area contributed by atoms with E-state index in [4.69, 9.17) is 9.72 Å². The summed E-state index contributed by atoms with van der Waals surface area (Å²) in [7, 11) is 0. The van der Waals surface area contributed by atoms with Crippen molar-refractivity contribution in [1.82, 2.24) is 9.97 Å². The Balaban J connectivity index is 1.88. The smallest absolute Gasteiger partial charge is 0.160 e. The SMILES string of the molecule is CCNc1cc(C2CC2)nc(C(OCC)C2CC2)n1. The molecule has 0 radical (unpaired) electrons. The maximum Gasteiger partial charge on any atom is 0.160 e. The third-order valence-electron chi connectivity index (χ3n) is 3.77. The molecule has 4 nitrogen and oxygen atoms in total. The molecule has 2 saturated carbocycles. The van der Waals surface area contributed by atoms with Crippen LogP contribution in [-0.2, 0) is 4.74 Å². The zero-order valence-corrected chi connectivity index (χ0v) is 11.9. The highest BCUT2D eigenvalue weighted by atomic mass is 16.5. The van der Waals surface area contributed by atoms with Crippen molar-refractivity contribution in [2.45, 2.75) is 51.6 Å². The Kier molecular flexibility index (Phi) is 3.69. The van der Waals surface area contributed by atoms with Crippen molar-refractivity contribution in [3.05, 3.63) is 17.6 Å². The van der Waals surface area contributed by atoms with Crippen molar-refractivity contribution in [2.24, 2.45) is 5.92 Å². The lowest BCUT2D eigenvalue weighted by atomic mass is 10.2. The second kappa shape index (κ2) is 5.45. The van der Waals surface area contributed by atoms with E-state index in [2.05, 4.69) is 23.3 Å². The van der Waals surface area contributed by atoms with Crippen molar-refractivity contribution < 1.29 is 4.74 Å². The Morgan fingerprint density at radius 1 is 1.26 bits per heavy atom. The van der Waals surface area contributed by atoms with Crippen LogP contribution < -0.4 is 5.32 Å². The number of anilines is 1. The maximum atomic E-state index is 5.89. The number of ether oxygens (including phenoxy) is 1. The molecule has 1 unspecified atom stereocenters. The minimum absolute atomic E-state index is 0.0982. The van der Waals surface area contributed by atoms with Crippen molar-refractivity contribution >= 4 is 5.82 Å². The fourth-order valence-corrected chi connectivity index (χ4v) is 2.47. The quantitative estimate of drug-likeness (QED) is 0.818. The molecular weight excluding hydrogens is 238 g/mol. The van der Waals surface area contributed by atoms with Gasteiger partial charge in [-0.1, -0.05) is 0 Å². The first-order valence-electron chi connectivity index (χ1n) is 7.56. The van der Waals surface area contributed by atoms with Crippen LogP contribution in [0, 0.1) is 5.92 Å². The van der Waals surface area contributed by atoms with Crippen LogP contribution in [0.4, 0.5) is 5.82 Å². The lowest BCUT2D eigenvalue weighted by Gasteiger charge is -2.17. The normalized spacial score (nSPS) is 20.3. The predicted octanol–water partition coefficient (Wildman–Crippen LogP) is 3.27. The first-order chi connectivity index (χ1) is 9.31. The van der Waals surface area contributed by atoms with E-state index in [9.17, 15) is 0 Å². The molecule has 0 saturated heterocycles. The Labute approximate surface area is 115 Å². The molecule has 1 heterocycles. The summed E-state index contributed by atoms with van der Waals surface area (Å²) in [5, 5.41) is 3.32. The number of nitrogens with zero attached hydrogens (tertiary/aromatic N) is 2. The van der Waals surface area contributed by atoms with Crippen LogP contribution in [0.15, 0.2) is 6.07 Å². The van der Waals surface area contributed by atoms with Gasteiger partial charge in [-0.15, -0.1) is 0 Å². The molecule has 1 aromatic heterocycles. The topological polar surface area (TPSA) is 47.0 Å². The van der Waals surface area contributed by atoms with Crippen molar-refractivity contribution in [3.63, 3.8) is 0 Å².